The number of rotatable bonds is 2. The second-order valence-corrected chi connectivity index (χ2v) is 6.42. The Morgan fingerprint density at radius 3 is 2.74 bits per heavy atom. The number of halogens is 1. The van der Waals surface area contributed by atoms with E-state index in [1.165, 1.54) is 5.56 Å². The Kier molecular flexibility index (Phi) is 3.71. The monoisotopic (exact) mass is 335 g/mol. The van der Waals surface area contributed by atoms with E-state index in [9.17, 15) is 4.79 Å². The van der Waals surface area contributed by atoms with Crippen LogP contribution in [0.5, 0.6) is 0 Å². The fourth-order valence-corrected chi connectivity index (χ4v) is 3.55. The van der Waals surface area contributed by atoms with Crippen LogP contribution in [0.15, 0.2) is 45.6 Å². The third-order valence-corrected chi connectivity index (χ3v) is 4.76. The van der Waals surface area contributed by atoms with E-state index in [0.29, 0.717) is 0 Å². The van der Waals surface area contributed by atoms with Gasteiger partial charge in [-0.3, -0.25) is 4.79 Å². The molecular formula is C15H14BrNOS. The number of carbonyl (C=O) groups excluding carboxylic acids is 1. The Morgan fingerprint density at radius 1 is 1.26 bits per heavy atom. The predicted molar refractivity (Wildman–Crippen MR) is 81.5 cm³/mol. The molecule has 98 valence electrons. The third-order valence-electron chi connectivity index (χ3n) is 3.53. The SMILES string of the molecule is O=C(c1ccc(Br)cc1)N1CCCC1c1ccsc1. The van der Waals surface area contributed by atoms with Crippen molar-refractivity contribution in [2.45, 2.75) is 18.9 Å². The molecule has 1 aliphatic rings. The Bertz CT molecular complexity index is 564. The summed E-state index contributed by atoms with van der Waals surface area (Å²) < 4.78 is 1.000. The molecule has 0 bridgehead atoms. The van der Waals surface area contributed by atoms with E-state index in [-0.39, 0.29) is 11.9 Å². The lowest BCUT2D eigenvalue weighted by Crippen LogP contribution is -2.30. The zero-order valence-electron chi connectivity index (χ0n) is 10.4. The Balaban J connectivity index is 1.84. The maximum absolute atomic E-state index is 12.6. The van der Waals surface area contributed by atoms with Crippen LogP contribution in [0.2, 0.25) is 0 Å². The largest absolute Gasteiger partial charge is 0.332 e. The number of likely N-dealkylation sites (tertiary alicyclic amines) is 1. The zero-order chi connectivity index (χ0) is 13.2. The minimum Gasteiger partial charge on any atom is -0.332 e. The number of hydrogen-bond acceptors (Lipinski definition) is 2. The van der Waals surface area contributed by atoms with Crippen molar-refractivity contribution in [3.63, 3.8) is 0 Å². The molecule has 4 heteroatoms. The van der Waals surface area contributed by atoms with Crippen LogP contribution in [0.25, 0.3) is 0 Å². The van der Waals surface area contributed by atoms with Gasteiger partial charge in [0.15, 0.2) is 0 Å². The first-order valence-corrected chi connectivity index (χ1v) is 8.08. The van der Waals surface area contributed by atoms with Crippen molar-refractivity contribution in [1.29, 1.82) is 0 Å². The molecule has 19 heavy (non-hydrogen) atoms. The summed E-state index contributed by atoms with van der Waals surface area (Å²) in [5.74, 6) is 0.140. The summed E-state index contributed by atoms with van der Waals surface area (Å²) in [6.45, 7) is 0.857. The number of benzene rings is 1. The van der Waals surface area contributed by atoms with Gasteiger partial charge >= 0.3 is 0 Å². The van der Waals surface area contributed by atoms with E-state index in [1.807, 2.05) is 29.2 Å². The molecule has 2 nitrogen and oxygen atoms in total. The van der Waals surface area contributed by atoms with Crippen LogP contribution in [-0.4, -0.2) is 17.4 Å². The van der Waals surface area contributed by atoms with Crippen molar-refractivity contribution in [1.82, 2.24) is 4.90 Å². The van der Waals surface area contributed by atoms with Gasteiger partial charge in [-0.25, -0.2) is 0 Å². The first-order chi connectivity index (χ1) is 9.25. The number of carbonyl (C=O) groups is 1. The molecule has 1 atom stereocenters. The number of thiophene rings is 1. The Morgan fingerprint density at radius 2 is 2.05 bits per heavy atom. The van der Waals surface area contributed by atoms with Gasteiger partial charge in [0.05, 0.1) is 6.04 Å². The number of nitrogens with zero attached hydrogens (tertiary/aromatic N) is 1. The first-order valence-electron chi connectivity index (χ1n) is 6.34. The Labute approximate surface area is 125 Å². The molecule has 0 spiro atoms. The molecule has 0 N–H and O–H groups in total. The average molecular weight is 336 g/mol. The lowest BCUT2D eigenvalue weighted by atomic mass is 10.1. The maximum Gasteiger partial charge on any atom is 0.254 e. The van der Waals surface area contributed by atoms with Crippen LogP contribution >= 0.6 is 27.3 Å². The summed E-state index contributed by atoms with van der Waals surface area (Å²) in [6.07, 6.45) is 2.15. The van der Waals surface area contributed by atoms with Gasteiger partial charge in [0, 0.05) is 16.6 Å². The molecule has 0 radical (unpaired) electrons. The van der Waals surface area contributed by atoms with E-state index < -0.39 is 0 Å². The van der Waals surface area contributed by atoms with Crippen molar-refractivity contribution in [2.75, 3.05) is 6.54 Å². The summed E-state index contributed by atoms with van der Waals surface area (Å²) in [5, 5.41) is 4.23. The molecule has 1 aliphatic heterocycles. The number of hydrogen-bond donors (Lipinski definition) is 0. The predicted octanol–water partition coefficient (Wildman–Crippen LogP) is 4.49. The van der Waals surface area contributed by atoms with E-state index in [2.05, 4.69) is 32.8 Å². The number of amides is 1. The van der Waals surface area contributed by atoms with Gasteiger partial charge in [-0.2, -0.15) is 11.3 Å². The molecule has 2 aromatic rings. The molecular weight excluding hydrogens is 322 g/mol. The summed E-state index contributed by atoms with van der Waals surface area (Å²) in [4.78, 5) is 14.6. The molecule has 3 rings (SSSR count). The highest BCUT2D eigenvalue weighted by Crippen LogP contribution is 2.34. The quantitative estimate of drug-likeness (QED) is 0.791. The van der Waals surface area contributed by atoms with Gasteiger partial charge in [-0.15, -0.1) is 0 Å². The van der Waals surface area contributed by atoms with Crippen LogP contribution in [0.3, 0.4) is 0 Å². The molecule has 1 aromatic heterocycles. The molecule has 1 fully saturated rings. The highest BCUT2D eigenvalue weighted by Gasteiger charge is 2.30. The van der Waals surface area contributed by atoms with Crippen LogP contribution < -0.4 is 0 Å². The van der Waals surface area contributed by atoms with Crippen LogP contribution in [-0.2, 0) is 0 Å². The molecule has 1 saturated heterocycles. The van der Waals surface area contributed by atoms with Gasteiger partial charge < -0.3 is 4.90 Å². The standard InChI is InChI=1S/C15H14BrNOS/c16-13-5-3-11(4-6-13)15(18)17-8-1-2-14(17)12-7-9-19-10-12/h3-7,9-10,14H,1-2,8H2. The minimum atomic E-state index is 0.140. The Hall–Kier alpha value is -1.13. The van der Waals surface area contributed by atoms with Crippen molar-refractivity contribution in [2.24, 2.45) is 0 Å². The molecule has 0 aliphatic carbocycles. The lowest BCUT2D eigenvalue weighted by molar-refractivity contribution is 0.0736. The van der Waals surface area contributed by atoms with E-state index >= 15 is 0 Å². The summed E-state index contributed by atoms with van der Waals surface area (Å²) >= 11 is 5.09. The summed E-state index contributed by atoms with van der Waals surface area (Å²) in [6, 6.07) is 9.99. The third kappa shape index (κ3) is 2.60. The van der Waals surface area contributed by atoms with Gasteiger partial charge in [0.1, 0.15) is 0 Å². The summed E-state index contributed by atoms with van der Waals surface area (Å²) in [5.41, 5.74) is 2.04. The van der Waals surface area contributed by atoms with Crippen LogP contribution in [0.1, 0.15) is 34.8 Å². The van der Waals surface area contributed by atoms with Gasteiger partial charge in [0.2, 0.25) is 0 Å². The van der Waals surface area contributed by atoms with Crippen molar-refractivity contribution < 1.29 is 4.79 Å². The van der Waals surface area contributed by atoms with E-state index in [0.717, 1.165) is 29.4 Å². The van der Waals surface area contributed by atoms with Crippen LogP contribution in [0.4, 0.5) is 0 Å². The molecule has 1 aromatic carbocycles. The molecule has 1 unspecified atom stereocenters. The van der Waals surface area contributed by atoms with E-state index in [4.69, 9.17) is 0 Å². The van der Waals surface area contributed by atoms with E-state index in [1.54, 1.807) is 11.3 Å². The van der Waals surface area contributed by atoms with Gasteiger partial charge in [0.25, 0.3) is 5.91 Å². The fourth-order valence-electron chi connectivity index (χ4n) is 2.58. The smallest absolute Gasteiger partial charge is 0.254 e. The summed E-state index contributed by atoms with van der Waals surface area (Å²) in [7, 11) is 0. The second-order valence-electron chi connectivity index (χ2n) is 4.72. The van der Waals surface area contributed by atoms with Crippen molar-refractivity contribution >= 4 is 33.2 Å². The minimum absolute atomic E-state index is 0.140. The second kappa shape index (κ2) is 5.47. The maximum atomic E-state index is 12.6. The van der Waals surface area contributed by atoms with Gasteiger partial charge in [-0.1, -0.05) is 15.9 Å². The van der Waals surface area contributed by atoms with Crippen LogP contribution in [0, 0.1) is 0 Å². The fraction of sp³-hybridized carbons (Fsp3) is 0.267. The molecule has 0 saturated carbocycles. The van der Waals surface area contributed by atoms with Crippen molar-refractivity contribution in [3.05, 3.63) is 56.7 Å². The topological polar surface area (TPSA) is 20.3 Å². The highest BCUT2D eigenvalue weighted by atomic mass is 79.9. The molecule has 2 heterocycles. The molecule has 1 amide bonds. The average Bonchev–Trinajstić information content (AvgIpc) is 3.09. The first kappa shape index (κ1) is 12.9. The zero-order valence-corrected chi connectivity index (χ0v) is 12.8. The lowest BCUT2D eigenvalue weighted by Gasteiger charge is -2.24. The van der Waals surface area contributed by atoms with Gasteiger partial charge in [-0.05, 0) is 59.5 Å². The highest BCUT2D eigenvalue weighted by molar-refractivity contribution is 9.10. The normalized spacial score (nSPS) is 18.8. The van der Waals surface area contributed by atoms with Crippen molar-refractivity contribution in [3.8, 4) is 0 Å².